The number of rotatable bonds is 8. The Bertz CT molecular complexity index is 933. The first-order valence-corrected chi connectivity index (χ1v) is 11.2. The molecule has 0 unspecified atom stereocenters. The van der Waals surface area contributed by atoms with Crippen LogP contribution in [0.3, 0.4) is 0 Å². The number of ether oxygens (including phenoxy) is 1. The maximum Gasteiger partial charge on any atom is 0.332 e. The number of thioether (sulfide) groups is 1. The molecule has 1 aliphatic carbocycles. The highest BCUT2D eigenvalue weighted by atomic mass is 35.5. The standard InChI is InChI=1S/C21H23ClFNO6S/c1-3-18(25)24(20(27)12-7-5-6-8-13(12)21(28)29)16-10-17(14(22)9-15(16)23)31-11-19(26)30-4-2/h9-10H,3-8,11H2,1-2H3,(H,28,29). The maximum atomic E-state index is 14.8. The lowest BCUT2D eigenvalue weighted by Gasteiger charge is -2.26. The largest absolute Gasteiger partial charge is 0.478 e. The average Bonchev–Trinajstić information content (AvgIpc) is 2.74. The van der Waals surface area contributed by atoms with Gasteiger partial charge in [-0.1, -0.05) is 18.5 Å². The van der Waals surface area contributed by atoms with E-state index in [-0.39, 0.29) is 58.4 Å². The number of benzene rings is 1. The van der Waals surface area contributed by atoms with Crippen molar-refractivity contribution in [3.05, 3.63) is 34.1 Å². The quantitative estimate of drug-likeness (QED) is 0.444. The molecule has 0 bridgehead atoms. The van der Waals surface area contributed by atoms with Gasteiger partial charge in [-0.2, -0.15) is 0 Å². The second kappa shape index (κ2) is 11.3. The predicted octanol–water partition coefficient (Wildman–Crippen LogP) is 4.36. The molecule has 2 rings (SSSR count). The van der Waals surface area contributed by atoms with Gasteiger partial charge in [-0.15, -0.1) is 11.8 Å². The number of anilines is 1. The van der Waals surface area contributed by atoms with E-state index in [1.807, 2.05) is 0 Å². The summed E-state index contributed by atoms with van der Waals surface area (Å²) in [7, 11) is 0. The zero-order valence-corrected chi connectivity index (χ0v) is 18.8. The van der Waals surface area contributed by atoms with Gasteiger partial charge in [-0.3, -0.25) is 14.4 Å². The smallest absolute Gasteiger partial charge is 0.332 e. The number of halogens is 2. The van der Waals surface area contributed by atoms with Crippen molar-refractivity contribution in [1.82, 2.24) is 0 Å². The molecule has 1 N–H and O–H groups in total. The van der Waals surface area contributed by atoms with Crippen molar-refractivity contribution >= 4 is 52.8 Å². The summed E-state index contributed by atoms with van der Waals surface area (Å²) in [6.07, 6.45) is 1.50. The summed E-state index contributed by atoms with van der Waals surface area (Å²) >= 11 is 7.06. The number of amides is 2. The van der Waals surface area contributed by atoms with Crippen molar-refractivity contribution in [1.29, 1.82) is 0 Å². The van der Waals surface area contributed by atoms with Gasteiger partial charge in [0.05, 0.1) is 23.1 Å². The molecule has 31 heavy (non-hydrogen) atoms. The Morgan fingerprint density at radius 3 is 2.39 bits per heavy atom. The molecule has 1 aromatic rings. The van der Waals surface area contributed by atoms with Crippen LogP contribution in [0.2, 0.25) is 5.02 Å². The van der Waals surface area contributed by atoms with E-state index in [1.165, 1.54) is 13.0 Å². The Labute approximate surface area is 188 Å². The molecule has 0 spiro atoms. The molecule has 0 fully saturated rings. The molecular weight excluding hydrogens is 449 g/mol. The first-order valence-electron chi connectivity index (χ1n) is 9.81. The Morgan fingerprint density at radius 2 is 1.81 bits per heavy atom. The number of hydrogen-bond acceptors (Lipinski definition) is 6. The van der Waals surface area contributed by atoms with Crippen LogP contribution < -0.4 is 4.90 Å². The molecule has 0 aromatic heterocycles. The van der Waals surface area contributed by atoms with Gasteiger partial charge in [0.1, 0.15) is 5.82 Å². The number of carbonyl (C=O) groups is 4. The highest BCUT2D eigenvalue weighted by molar-refractivity contribution is 8.00. The molecule has 1 aromatic carbocycles. The first kappa shape index (κ1) is 24.9. The summed E-state index contributed by atoms with van der Waals surface area (Å²) in [5.74, 6) is -4.27. The summed E-state index contributed by atoms with van der Waals surface area (Å²) < 4.78 is 19.7. The molecule has 0 atom stereocenters. The highest BCUT2D eigenvalue weighted by Crippen LogP contribution is 2.36. The zero-order chi connectivity index (χ0) is 23.1. The third-order valence-electron chi connectivity index (χ3n) is 4.63. The molecule has 0 saturated carbocycles. The van der Waals surface area contributed by atoms with E-state index in [2.05, 4.69) is 0 Å². The van der Waals surface area contributed by atoms with Crippen LogP contribution in [0.25, 0.3) is 0 Å². The van der Waals surface area contributed by atoms with E-state index in [9.17, 15) is 28.7 Å². The number of esters is 1. The van der Waals surface area contributed by atoms with E-state index in [1.54, 1.807) is 6.92 Å². The lowest BCUT2D eigenvalue weighted by atomic mass is 9.90. The minimum atomic E-state index is -1.23. The van der Waals surface area contributed by atoms with Crippen LogP contribution in [0, 0.1) is 5.82 Å². The SMILES string of the molecule is CCOC(=O)CSc1cc(N(C(=O)CC)C(=O)C2=C(C(=O)O)CCCC2)c(F)cc1Cl. The highest BCUT2D eigenvalue weighted by Gasteiger charge is 2.32. The molecule has 168 valence electrons. The minimum Gasteiger partial charge on any atom is -0.478 e. The van der Waals surface area contributed by atoms with Crippen LogP contribution in [0.1, 0.15) is 46.0 Å². The van der Waals surface area contributed by atoms with Gasteiger partial charge in [-0.05, 0) is 44.7 Å². The van der Waals surface area contributed by atoms with Gasteiger partial charge in [0.25, 0.3) is 5.91 Å². The Morgan fingerprint density at radius 1 is 1.16 bits per heavy atom. The predicted molar refractivity (Wildman–Crippen MR) is 115 cm³/mol. The molecule has 10 heteroatoms. The summed E-state index contributed by atoms with van der Waals surface area (Å²) in [5, 5.41) is 9.46. The second-order valence-corrected chi connectivity index (χ2v) is 8.11. The molecule has 0 aliphatic heterocycles. The lowest BCUT2D eigenvalue weighted by molar-refractivity contribution is -0.140. The zero-order valence-electron chi connectivity index (χ0n) is 17.2. The van der Waals surface area contributed by atoms with Crippen molar-refractivity contribution in [2.24, 2.45) is 0 Å². The Hall–Kier alpha value is -2.39. The van der Waals surface area contributed by atoms with Crippen LogP contribution in [0.5, 0.6) is 0 Å². The van der Waals surface area contributed by atoms with E-state index in [4.69, 9.17) is 16.3 Å². The summed E-state index contributed by atoms with van der Waals surface area (Å²) in [6, 6.07) is 2.18. The summed E-state index contributed by atoms with van der Waals surface area (Å²) in [6.45, 7) is 3.38. The molecule has 7 nitrogen and oxygen atoms in total. The molecule has 0 radical (unpaired) electrons. The molecular formula is C21H23ClFNO6S. The van der Waals surface area contributed by atoms with Crippen LogP contribution in [0.15, 0.2) is 28.2 Å². The first-order chi connectivity index (χ1) is 14.7. The van der Waals surface area contributed by atoms with Crippen molar-refractivity contribution in [3.8, 4) is 0 Å². The van der Waals surface area contributed by atoms with Gasteiger partial charge in [0.15, 0.2) is 0 Å². The van der Waals surface area contributed by atoms with Gasteiger partial charge in [0, 0.05) is 22.5 Å². The summed E-state index contributed by atoms with van der Waals surface area (Å²) in [4.78, 5) is 50.0. The van der Waals surface area contributed by atoms with Crippen LogP contribution >= 0.6 is 23.4 Å². The van der Waals surface area contributed by atoms with Crippen molar-refractivity contribution in [2.75, 3.05) is 17.3 Å². The summed E-state index contributed by atoms with van der Waals surface area (Å²) in [5.41, 5.74) is -0.400. The maximum absolute atomic E-state index is 14.8. The second-order valence-electron chi connectivity index (χ2n) is 6.68. The van der Waals surface area contributed by atoms with Gasteiger partial charge in [-0.25, -0.2) is 14.1 Å². The van der Waals surface area contributed by atoms with E-state index in [0.29, 0.717) is 17.7 Å². The van der Waals surface area contributed by atoms with Crippen molar-refractivity contribution in [2.45, 2.75) is 50.8 Å². The fourth-order valence-electron chi connectivity index (χ4n) is 3.17. The number of imide groups is 1. The topological polar surface area (TPSA) is 101 Å². The molecule has 1 aliphatic rings. The fraction of sp³-hybridized carbons (Fsp3) is 0.429. The Balaban J connectivity index is 2.50. The van der Waals surface area contributed by atoms with Gasteiger partial charge < -0.3 is 9.84 Å². The number of nitrogens with zero attached hydrogens (tertiary/aromatic N) is 1. The fourth-order valence-corrected chi connectivity index (χ4v) is 4.23. The van der Waals surface area contributed by atoms with Crippen LogP contribution in [-0.2, 0) is 23.9 Å². The van der Waals surface area contributed by atoms with E-state index in [0.717, 1.165) is 17.8 Å². The molecule has 0 saturated heterocycles. The third-order valence-corrected chi connectivity index (χ3v) is 6.09. The van der Waals surface area contributed by atoms with Gasteiger partial charge >= 0.3 is 11.9 Å². The van der Waals surface area contributed by atoms with Crippen LogP contribution in [-0.4, -0.2) is 41.2 Å². The Kier molecular flexibility index (Phi) is 9.06. The average molecular weight is 472 g/mol. The number of carboxylic acids is 1. The van der Waals surface area contributed by atoms with Crippen LogP contribution in [0.4, 0.5) is 10.1 Å². The van der Waals surface area contributed by atoms with E-state index < -0.39 is 29.6 Å². The van der Waals surface area contributed by atoms with Gasteiger partial charge in [0.2, 0.25) is 5.91 Å². The monoisotopic (exact) mass is 471 g/mol. The number of aliphatic carboxylic acids is 1. The number of carbonyl (C=O) groups excluding carboxylic acids is 3. The minimum absolute atomic E-state index is 0.00405. The lowest BCUT2D eigenvalue weighted by Crippen LogP contribution is -2.39. The number of hydrogen-bond donors (Lipinski definition) is 1. The molecule has 2 amide bonds. The van der Waals surface area contributed by atoms with Crippen molar-refractivity contribution in [3.63, 3.8) is 0 Å². The van der Waals surface area contributed by atoms with Crippen molar-refractivity contribution < 1.29 is 33.4 Å². The normalized spacial score (nSPS) is 13.7. The molecule has 0 heterocycles. The van der Waals surface area contributed by atoms with E-state index >= 15 is 0 Å². The number of carboxylic acid groups (broad SMARTS) is 1. The third kappa shape index (κ3) is 6.07.